The summed E-state index contributed by atoms with van der Waals surface area (Å²) in [6.07, 6.45) is 5.64. The molecule has 0 atom stereocenters. The lowest BCUT2D eigenvalue weighted by atomic mass is 10.1. The molecule has 5 rings (SSSR count). The third-order valence-electron chi connectivity index (χ3n) is 5.29. The molecule has 2 aromatic heterocycles. The minimum atomic E-state index is -0.0391. The summed E-state index contributed by atoms with van der Waals surface area (Å²) in [5, 5.41) is 6.35. The van der Waals surface area contributed by atoms with Gasteiger partial charge in [0.1, 0.15) is 11.5 Å². The Labute approximate surface area is 185 Å². The number of carbonyl (C=O) groups excluding carboxylic acids is 1. The lowest BCUT2D eigenvalue weighted by Gasteiger charge is -2.10. The molecule has 0 bridgehead atoms. The predicted octanol–water partition coefficient (Wildman–Crippen LogP) is 3.55. The van der Waals surface area contributed by atoms with Crippen LogP contribution in [0.4, 0.5) is 5.82 Å². The van der Waals surface area contributed by atoms with Crippen LogP contribution in [0.2, 0.25) is 0 Å². The van der Waals surface area contributed by atoms with Crippen LogP contribution in [0.15, 0.2) is 61.1 Å². The van der Waals surface area contributed by atoms with Crippen LogP contribution >= 0.6 is 0 Å². The summed E-state index contributed by atoms with van der Waals surface area (Å²) in [6, 6.07) is 13.9. The minimum Gasteiger partial charge on any atom is -0.454 e. The van der Waals surface area contributed by atoms with Gasteiger partial charge in [0.25, 0.3) is 0 Å². The molecule has 0 saturated heterocycles. The van der Waals surface area contributed by atoms with Gasteiger partial charge >= 0.3 is 0 Å². The Morgan fingerprint density at radius 1 is 1.16 bits per heavy atom. The number of carbonyl (C=O) groups is 1. The highest BCUT2D eigenvalue weighted by Crippen LogP contribution is 2.32. The van der Waals surface area contributed by atoms with E-state index < -0.39 is 0 Å². The third-order valence-corrected chi connectivity index (χ3v) is 5.29. The van der Waals surface area contributed by atoms with E-state index in [9.17, 15) is 4.79 Å². The Balaban J connectivity index is 1.24. The summed E-state index contributed by atoms with van der Waals surface area (Å²) in [5.74, 6) is 2.25. The summed E-state index contributed by atoms with van der Waals surface area (Å²) >= 11 is 0. The molecule has 0 radical (unpaired) electrons. The van der Waals surface area contributed by atoms with Gasteiger partial charge < -0.3 is 20.1 Å². The molecular weight excluding hydrogens is 406 g/mol. The molecule has 1 aliphatic heterocycles. The van der Waals surface area contributed by atoms with Crippen molar-refractivity contribution >= 4 is 17.4 Å². The van der Waals surface area contributed by atoms with Gasteiger partial charge in [0.05, 0.1) is 6.20 Å². The number of amides is 1. The second-order valence-electron chi connectivity index (χ2n) is 7.62. The fourth-order valence-corrected chi connectivity index (χ4v) is 3.70. The highest BCUT2D eigenvalue weighted by molar-refractivity contribution is 5.78. The number of benzene rings is 2. The van der Waals surface area contributed by atoms with Crippen molar-refractivity contribution in [1.29, 1.82) is 0 Å². The summed E-state index contributed by atoms with van der Waals surface area (Å²) < 4.78 is 12.7. The number of nitrogens with one attached hydrogen (secondary N) is 2. The number of nitrogens with zero attached hydrogens (tertiary/aromatic N) is 3. The SMILES string of the molecule is Cc1cccc(-c2nc3cnccn3c2NCCC(=O)NCc2ccc3c(c2)OCO3)c1. The highest BCUT2D eigenvalue weighted by Gasteiger charge is 2.15. The highest BCUT2D eigenvalue weighted by atomic mass is 16.7. The number of imidazole rings is 1. The monoisotopic (exact) mass is 429 g/mol. The molecule has 162 valence electrons. The summed E-state index contributed by atoms with van der Waals surface area (Å²) in [7, 11) is 0. The van der Waals surface area contributed by atoms with Crippen LogP contribution < -0.4 is 20.1 Å². The maximum atomic E-state index is 12.4. The molecule has 1 amide bonds. The molecule has 1 aliphatic rings. The lowest BCUT2D eigenvalue weighted by molar-refractivity contribution is -0.121. The summed E-state index contributed by atoms with van der Waals surface area (Å²) in [6.45, 7) is 3.20. The predicted molar refractivity (Wildman–Crippen MR) is 121 cm³/mol. The topological polar surface area (TPSA) is 89.8 Å². The van der Waals surface area contributed by atoms with E-state index in [0.717, 1.165) is 39.6 Å². The fourth-order valence-electron chi connectivity index (χ4n) is 3.70. The third kappa shape index (κ3) is 4.07. The molecule has 2 aromatic carbocycles. The maximum Gasteiger partial charge on any atom is 0.231 e. The summed E-state index contributed by atoms with van der Waals surface area (Å²) in [5.41, 5.74) is 4.72. The molecule has 0 unspecified atom stereocenters. The van der Waals surface area contributed by atoms with Crippen LogP contribution in [0.5, 0.6) is 11.5 Å². The standard InChI is InChI=1S/C24H23N5O3/c1-16-3-2-4-18(11-16)23-24(29-10-9-25-14-21(29)28-23)26-8-7-22(30)27-13-17-5-6-19-20(12-17)32-15-31-19/h2-6,9-12,14,26H,7-8,13,15H2,1H3,(H,27,30). The van der Waals surface area contributed by atoms with Crippen molar-refractivity contribution in [3.8, 4) is 22.8 Å². The second-order valence-corrected chi connectivity index (χ2v) is 7.62. The zero-order valence-corrected chi connectivity index (χ0v) is 17.7. The molecule has 0 saturated carbocycles. The second kappa shape index (κ2) is 8.58. The fraction of sp³-hybridized carbons (Fsp3) is 0.208. The van der Waals surface area contributed by atoms with Crippen LogP contribution in [-0.4, -0.2) is 33.6 Å². The number of anilines is 1. The molecule has 8 nitrogen and oxygen atoms in total. The van der Waals surface area contributed by atoms with Crippen LogP contribution in [0.25, 0.3) is 16.9 Å². The molecule has 0 fully saturated rings. The number of aromatic nitrogens is 3. The summed E-state index contributed by atoms with van der Waals surface area (Å²) in [4.78, 5) is 21.3. The normalized spacial score (nSPS) is 12.2. The first-order valence-electron chi connectivity index (χ1n) is 10.5. The van der Waals surface area contributed by atoms with E-state index in [0.29, 0.717) is 25.3 Å². The van der Waals surface area contributed by atoms with Gasteiger partial charge in [0.15, 0.2) is 17.1 Å². The number of aryl methyl sites for hydroxylation is 1. The van der Waals surface area contributed by atoms with Crippen LogP contribution in [0.1, 0.15) is 17.5 Å². The first-order valence-corrected chi connectivity index (χ1v) is 10.5. The van der Waals surface area contributed by atoms with E-state index in [-0.39, 0.29) is 12.7 Å². The molecule has 8 heteroatoms. The van der Waals surface area contributed by atoms with Gasteiger partial charge in [-0.25, -0.2) is 4.98 Å². The molecule has 32 heavy (non-hydrogen) atoms. The van der Waals surface area contributed by atoms with Crippen LogP contribution in [0, 0.1) is 6.92 Å². The number of hydrogen-bond donors (Lipinski definition) is 2. The smallest absolute Gasteiger partial charge is 0.231 e. The quantitative estimate of drug-likeness (QED) is 0.467. The van der Waals surface area contributed by atoms with Crippen LogP contribution in [-0.2, 0) is 11.3 Å². The van der Waals surface area contributed by atoms with Crippen molar-refractivity contribution in [3.63, 3.8) is 0 Å². The van der Waals surface area contributed by atoms with Gasteiger partial charge in [-0.15, -0.1) is 0 Å². The Morgan fingerprint density at radius 3 is 2.97 bits per heavy atom. The number of hydrogen-bond acceptors (Lipinski definition) is 6. The molecular formula is C24H23N5O3. The van der Waals surface area contributed by atoms with E-state index in [1.165, 1.54) is 0 Å². The Kier molecular flexibility index (Phi) is 5.33. The van der Waals surface area contributed by atoms with E-state index in [1.54, 1.807) is 12.4 Å². The van der Waals surface area contributed by atoms with E-state index in [2.05, 4.69) is 34.7 Å². The minimum absolute atomic E-state index is 0.0391. The molecule has 2 N–H and O–H groups in total. The van der Waals surface area contributed by atoms with Crippen molar-refractivity contribution < 1.29 is 14.3 Å². The maximum absolute atomic E-state index is 12.4. The van der Waals surface area contributed by atoms with Gasteiger partial charge in [-0.05, 0) is 30.7 Å². The van der Waals surface area contributed by atoms with Gasteiger partial charge in [0, 0.05) is 37.5 Å². The zero-order valence-electron chi connectivity index (χ0n) is 17.7. The van der Waals surface area contributed by atoms with Gasteiger partial charge in [-0.3, -0.25) is 14.2 Å². The van der Waals surface area contributed by atoms with E-state index in [4.69, 9.17) is 14.5 Å². The van der Waals surface area contributed by atoms with E-state index >= 15 is 0 Å². The van der Waals surface area contributed by atoms with Crippen molar-refractivity contribution in [2.24, 2.45) is 0 Å². The van der Waals surface area contributed by atoms with Crippen molar-refractivity contribution in [1.82, 2.24) is 19.7 Å². The first-order chi connectivity index (χ1) is 15.7. The van der Waals surface area contributed by atoms with Crippen molar-refractivity contribution in [3.05, 3.63) is 72.2 Å². The van der Waals surface area contributed by atoms with Crippen molar-refractivity contribution in [2.45, 2.75) is 19.9 Å². The largest absolute Gasteiger partial charge is 0.454 e. The molecule has 4 aromatic rings. The average Bonchev–Trinajstić information content (AvgIpc) is 3.42. The number of rotatable bonds is 7. The Morgan fingerprint density at radius 2 is 2.06 bits per heavy atom. The average molecular weight is 429 g/mol. The van der Waals surface area contributed by atoms with Gasteiger partial charge in [-0.2, -0.15) is 0 Å². The van der Waals surface area contributed by atoms with Gasteiger partial charge in [-0.1, -0.05) is 29.8 Å². The van der Waals surface area contributed by atoms with Crippen molar-refractivity contribution in [2.75, 3.05) is 18.7 Å². The van der Waals surface area contributed by atoms with Crippen LogP contribution in [0.3, 0.4) is 0 Å². The van der Waals surface area contributed by atoms with E-state index in [1.807, 2.05) is 40.9 Å². The lowest BCUT2D eigenvalue weighted by Crippen LogP contribution is -2.25. The van der Waals surface area contributed by atoms with Gasteiger partial charge in [0.2, 0.25) is 12.7 Å². The molecule has 3 heterocycles. The zero-order chi connectivity index (χ0) is 21.9. The first kappa shape index (κ1) is 19.9. The molecule has 0 aliphatic carbocycles. The Bertz CT molecular complexity index is 1280. The number of fused-ring (bicyclic) bond motifs is 2. The number of ether oxygens (including phenoxy) is 2. The Hall–Kier alpha value is -4.07. The molecule has 0 spiro atoms.